The van der Waals surface area contributed by atoms with Gasteiger partial charge < -0.3 is 9.80 Å². The summed E-state index contributed by atoms with van der Waals surface area (Å²) in [5.41, 5.74) is 3.22. The van der Waals surface area contributed by atoms with Crippen molar-refractivity contribution >= 4 is 0 Å². The Morgan fingerprint density at radius 1 is 1.06 bits per heavy atom. The fourth-order valence-corrected chi connectivity index (χ4v) is 3.73. The van der Waals surface area contributed by atoms with Gasteiger partial charge in [-0.3, -0.25) is 0 Å². The molecule has 0 radical (unpaired) electrons. The number of hydrogen-bond donors (Lipinski definition) is 2. The number of fused-ring (bicyclic) bond motifs is 1. The van der Waals surface area contributed by atoms with E-state index in [1.807, 2.05) is 4.90 Å². The number of likely N-dealkylation sites (N-methyl/N-ethyl adjacent to an activating group) is 1. The highest BCUT2D eigenvalue weighted by atomic mass is 15.3. The third-order valence-electron chi connectivity index (χ3n) is 5.02. The van der Waals surface area contributed by atoms with Crippen LogP contribution in [0.4, 0.5) is 0 Å². The van der Waals surface area contributed by atoms with Gasteiger partial charge in [-0.1, -0.05) is 24.3 Å². The molecule has 0 spiro atoms. The third kappa shape index (κ3) is 2.45. The molecule has 3 rings (SSSR count). The minimum atomic E-state index is 0.887. The Morgan fingerprint density at radius 3 is 2.50 bits per heavy atom. The van der Waals surface area contributed by atoms with Crippen molar-refractivity contribution in [3.8, 4) is 0 Å². The molecule has 0 bridgehead atoms. The number of rotatable bonds is 2. The average Bonchev–Trinajstić information content (AvgIpc) is 2.47. The lowest BCUT2D eigenvalue weighted by molar-refractivity contribution is -1.02. The summed E-state index contributed by atoms with van der Waals surface area (Å²) in [6, 6.07) is 9.94. The SMILES string of the molecule is CC[NH+]1CC[NH+]([C@@H]2CCc3ccccc3C2)CC1. The summed E-state index contributed by atoms with van der Waals surface area (Å²) in [4.78, 5) is 3.68. The molecule has 1 heterocycles. The zero-order chi connectivity index (χ0) is 12.4. The van der Waals surface area contributed by atoms with E-state index in [2.05, 4.69) is 31.2 Å². The summed E-state index contributed by atoms with van der Waals surface area (Å²) in [5, 5.41) is 0. The Bertz CT molecular complexity index is 394. The Labute approximate surface area is 111 Å². The van der Waals surface area contributed by atoms with Crippen molar-refractivity contribution in [2.24, 2.45) is 0 Å². The van der Waals surface area contributed by atoms with Crippen LogP contribution in [-0.2, 0) is 12.8 Å². The van der Waals surface area contributed by atoms with Crippen LogP contribution in [0.3, 0.4) is 0 Å². The van der Waals surface area contributed by atoms with E-state index in [0.717, 1.165) is 6.04 Å². The Balaban J connectivity index is 1.63. The minimum Gasteiger partial charge on any atom is -0.326 e. The Kier molecular flexibility index (Phi) is 3.67. The van der Waals surface area contributed by atoms with Gasteiger partial charge in [-0.25, -0.2) is 0 Å². The van der Waals surface area contributed by atoms with E-state index in [-0.39, 0.29) is 0 Å². The minimum absolute atomic E-state index is 0.887. The van der Waals surface area contributed by atoms with Gasteiger partial charge in [0, 0.05) is 12.8 Å². The lowest BCUT2D eigenvalue weighted by Gasteiger charge is -2.36. The molecule has 1 aromatic carbocycles. The highest BCUT2D eigenvalue weighted by Crippen LogP contribution is 2.19. The highest BCUT2D eigenvalue weighted by molar-refractivity contribution is 5.29. The predicted molar refractivity (Wildman–Crippen MR) is 74.2 cm³/mol. The van der Waals surface area contributed by atoms with Crippen LogP contribution >= 0.6 is 0 Å². The summed E-state index contributed by atoms with van der Waals surface area (Å²) in [6.45, 7) is 9.15. The molecule has 98 valence electrons. The first-order valence-electron chi connectivity index (χ1n) is 7.61. The van der Waals surface area contributed by atoms with Crippen LogP contribution in [0.5, 0.6) is 0 Å². The van der Waals surface area contributed by atoms with Gasteiger partial charge in [0.2, 0.25) is 0 Å². The number of hydrogen-bond acceptors (Lipinski definition) is 0. The van der Waals surface area contributed by atoms with Crippen LogP contribution in [0.25, 0.3) is 0 Å². The Morgan fingerprint density at radius 2 is 1.78 bits per heavy atom. The zero-order valence-corrected chi connectivity index (χ0v) is 11.5. The van der Waals surface area contributed by atoms with Crippen molar-refractivity contribution < 1.29 is 9.80 Å². The molecule has 1 aliphatic carbocycles. The third-order valence-corrected chi connectivity index (χ3v) is 5.02. The van der Waals surface area contributed by atoms with Crippen LogP contribution < -0.4 is 9.80 Å². The van der Waals surface area contributed by atoms with E-state index in [4.69, 9.17) is 0 Å². The van der Waals surface area contributed by atoms with E-state index in [0.29, 0.717) is 0 Å². The summed E-state index contributed by atoms with van der Waals surface area (Å²) in [7, 11) is 0. The van der Waals surface area contributed by atoms with Gasteiger partial charge in [0.15, 0.2) is 0 Å². The lowest BCUT2D eigenvalue weighted by atomic mass is 9.87. The second-order valence-corrected chi connectivity index (χ2v) is 5.97. The van der Waals surface area contributed by atoms with Gasteiger partial charge in [-0.05, 0) is 24.5 Å². The maximum atomic E-state index is 2.34. The maximum absolute atomic E-state index is 2.34. The van der Waals surface area contributed by atoms with E-state index in [9.17, 15) is 0 Å². The van der Waals surface area contributed by atoms with Gasteiger partial charge in [-0.15, -0.1) is 0 Å². The van der Waals surface area contributed by atoms with Crippen LogP contribution in [-0.4, -0.2) is 38.8 Å². The number of piperazine rings is 1. The average molecular weight is 246 g/mol. The molecule has 0 amide bonds. The molecule has 1 saturated heterocycles. The topological polar surface area (TPSA) is 8.88 Å². The van der Waals surface area contributed by atoms with Crippen LogP contribution in [0.15, 0.2) is 24.3 Å². The fraction of sp³-hybridized carbons (Fsp3) is 0.625. The summed E-state index contributed by atoms with van der Waals surface area (Å²) < 4.78 is 0. The zero-order valence-electron chi connectivity index (χ0n) is 11.5. The molecule has 0 aromatic heterocycles. The van der Waals surface area contributed by atoms with Crippen molar-refractivity contribution in [3.63, 3.8) is 0 Å². The fourth-order valence-electron chi connectivity index (χ4n) is 3.73. The van der Waals surface area contributed by atoms with Crippen molar-refractivity contribution in [1.29, 1.82) is 0 Å². The first-order chi connectivity index (χ1) is 8.86. The number of quaternary nitrogens is 2. The predicted octanol–water partition coefficient (Wildman–Crippen LogP) is -0.653. The van der Waals surface area contributed by atoms with E-state index in [1.54, 1.807) is 16.0 Å². The normalized spacial score (nSPS) is 31.9. The van der Waals surface area contributed by atoms with E-state index < -0.39 is 0 Å². The van der Waals surface area contributed by atoms with Gasteiger partial charge >= 0.3 is 0 Å². The molecular formula is C16H26N2+2. The molecule has 2 nitrogen and oxygen atoms in total. The van der Waals surface area contributed by atoms with E-state index in [1.165, 1.54) is 52.0 Å². The van der Waals surface area contributed by atoms with Gasteiger partial charge in [0.25, 0.3) is 0 Å². The number of benzene rings is 1. The van der Waals surface area contributed by atoms with Crippen molar-refractivity contribution in [1.82, 2.24) is 0 Å². The van der Waals surface area contributed by atoms with Crippen molar-refractivity contribution in [2.75, 3.05) is 32.7 Å². The van der Waals surface area contributed by atoms with Gasteiger partial charge in [0.05, 0.1) is 12.6 Å². The summed E-state index contributed by atoms with van der Waals surface area (Å²) >= 11 is 0. The maximum Gasteiger partial charge on any atom is 0.127 e. The number of nitrogens with one attached hydrogen (secondary N) is 2. The molecule has 2 heteroatoms. The van der Waals surface area contributed by atoms with Crippen LogP contribution in [0, 0.1) is 0 Å². The van der Waals surface area contributed by atoms with E-state index >= 15 is 0 Å². The first-order valence-corrected chi connectivity index (χ1v) is 7.61. The second-order valence-electron chi connectivity index (χ2n) is 5.97. The standard InChI is InChI=1S/C16H24N2/c1-2-17-9-11-18(12-10-17)16-8-7-14-5-3-4-6-15(14)13-16/h3-6,16H,2,7-13H2,1H3/p+2/t16-/m1/s1. The largest absolute Gasteiger partial charge is 0.326 e. The van der Waals surface area contributed by atoms with Crippen LogP contribution in [0.2, 0.25) is 0 Å². The first kappa shape index (κ1) is 12.2. The molecule has 1 aromatic rings. The number of aryl methyl sites for hydroxylation is 1. The van der Waals surface area contributed by atoms with Crippen molar-refractivity contribution in [3.05, 3.63) is 35.4 Å². The van der Waals surface area contributed by atoms with Crippen LogP contribution in [0.1, 0.15) is 24.5 Å². The van der Waals surface area contributed by atoms with Crippen molar-refractivity contribution in [2.45, 2.75) is 32.2 Å². The van der Waals surface area contributed by atoms with Gasteiger partial charge in [0.1, 0.15) is 26.2 Å². The molecule has 2 N–H and O–H groups in total. The highest BCUT2D eigenvalue weighted by Gasteiger charge is 2.31. The molecule has 18 heavy (non-hydrogen) atoms. The summed E-state index contributed by atoms with van der Waals surface area (Å²) in [5.74, 6) is 0. The molecule has 1 fully saturated rings. The molecule has 2 aliphatic rings. The quantitative estimate of drug-likeness (QED) is 0.686. The lowest BCUT2D eigenvalue weighted by Crippen LogP contribution is -3.29. The molecule has 1 aliphatic heterocycles. The molecule has 0 saturated carbocycles. The monoisotopic (exact) mass is 246 g/mol. The second kappa shape index (κ2) is 5.41. The molecular weight excluding hydrogens is 220 g/mol. The summed E-state index contributed by atoms with van der Waals surface area (Å²) in [6.07, 6.45) is 4.01. The smallest absolute Gasteiger partial charge is 0.127 e. The molecule has 0 unspecified atom stereocenters. The Hall–Kier alpha value is -0.860. The molecule has 1 atom stereocenters. The van der Waals surface area contributed by atoms with Gasteiger partial charge in [-0.2, -0.15) is 0 Å².